The van der Waals surface area contributed by atoms with Gasteiger partial charge in [-0.1, -0.05) is 5.92 Å². The van der Waals surface area contributed by atoms with Gasteiger partial charge in [0, 0.05) is 36.1 Å². The van der Waals surface area contributed by atoms with Gasteiger partial charge in [0.05, 0.1) is 11.6 Å². The molecule has 3 N–H and O–H groups in total. The smallest absolute Gasteiger partial charge is 0.296 e. The van der Waals surface area contributed by atoms with Crippen molar-refractivity contribution in [3.8, 4) is 17.6 Å². The van der Waals surface area contributed by atoms with Crippen LogP contribution in [0.25, 0.3) is 11.0 Å². The summed E-state index contributed by atoms with van der Waals surface area (Å²) in [5.74, 6) is 6.68. The van der Waals surface area contributed by atoms with Gasteiger partial charge in [0.1, 0.15) is 11.3 Å². The lowest BCUT2D eigenvalue weighted by molar-refractivity contribution is -0.116. The second-order valence-corrected chi connectivity index (χ2v) is 7.05. The molecule has 6 nitrogen and oxygen atoms in total. The average molecular weight is 350 g/mol. The molecule has 1 heterocycles. The number of carbonyl (C=O) groups excluding carboxylic acids is 1. The van der Waals surface area contributed by atoms with Gasteiger partial charge in [-0.05, 0) is 50.5 Å². The van der Waals surface area contributed by atoms with Crippen LogP contribution in [0.5, 0.6) is 5.75 Å². The van der Waals surface area contributed by atoms with E-state index in [2.05, 4.69) is 27.1 Å². The van der Waals surface area contributed by atoms with Gasteiger partial charge in [-0.3, -0.25) is 9.78 Å². The van der Waals surface area contributed by atoms with Crippen LogP contribution in [-0.2, 0) is 4.79 Å². The number of aromatic nitrogens is 2. The predicted molar refractivity (Wildman–Crippen MR) is 99.3 cm³/mol. The zero-order valence-corrected chi connectivity index (χ0v) is 14.6. The molecule has 0 bridgehead atoms. The molecule has 0 unspecified atom stereocenters. The second-order valence-electron chi connectivity index (χ2n) is 7.05. The van der Waals surface area contributed by atoms with E-state index in [0.717, 1.165) is 49.6 Å². The Hall–Kier alpha value is -2.81. The predicted octanol–water partition coefficient (Wildman–Crippen LogP) is 2.43. The van der Waals surface area contributed by atoms with Gasteiger partial charge in [-0.25, -0.2) is 4.98 Å². The highest BCUT2D eigenvalue weighted by molar-refractivity contribution is 5.93. The number of fused-ring (bicyclic) bond motifs is 1. The molecule has 0 saturated heterocycles. The quantitative estimate of drug-likeness (QED) is 0.655. The molecule has 134 valence electrons. The van der Waals surface area contributed by atoms with Gasteiger partial charge >= 0.3 is 0 Å². The Labute approximate surface area is 152 Å². The van der Waals surface area contributed by atoms with Crippen LogP contribution in [-0.4, -0.2) is 28.0 Å². The number of nitrogens with one attached hydrogen (secondary N) is 1. The van der Waals surface area contributed by atoms with Gasteiger partial charge in [0.25, 0.3) is 5.91 Å². The van der Waals surface area contributed by atoms with Gasteiger partial charge in [-0.15, -0.1) is 0 Å². The number of benzene rings is 1. The first-order chi connectivity index (χ1) is 12.7. The van der Waals surface area contributed by atoms with E-state index in [9.17, 15) is 4.79 Å². The molecule has 2 saturated carbocycles. The van der Waals surface area contributed by atoms with E-state index in [0.29, 0.717) is 17.4 Å². The Morgan fingerprint density at radius 2 is 1.88 bits per heavy atom. The number of nitrogens with two attached hydrogens (primary N) is 1. The molecular weight excluding hydrogens is 328 g/mol. The first-order valence-corrected chi connectivity index (χ1v) is 9.16. The van der Waals surface area contributed by atoms with Crippen LogP contribution in [0.1, 0.15) is 38.5 Å². The third-order valence-corrected chi connectivity index (χ3v) is 4.83. The highest BCUT2D eigenvalue weighted by Crippen LogP contribution is 2.30. The van der Waals surface area contributed by atoms with Crippen LogP contribution in [0, 0.1) is 17.8 Å². The van der Waals surface area contributed by atoms with Crippen molar-refractivity contribution in [2.45, 2.75) is 50.7 Å². The molecule has 2 aliphatic carbocycles. The first kappa shape index (κ1) is 16.6. The molecule has 6 heteroatoms. The second kappa shape index (κ2) is 7.20. The molecule has 2 fully saturated rings. The third-order valence-electron chi connectivity index (χ3n) is 4.83. The van der Waals surface area contributed by atoms with Crippen molar-refractivity contribution in [2.24, 2.45) is 5.92 Å². The summed E-state index contributed by atoms with van der Waals surface area (Å²) >= 11 is 0. The molecule has 0 radical (unpaired) electrons. The zero-order valence-electron chi connectivity index (χ0n) is 14.6. The molecule has 0 aliphatic heterocycles. The van der Waals surface area contributed by atoms with Crippen molar-refractivity contribution in [1.29, 1.82) is 0 Å². The largest absolute Gasteiger partial charge is 0.488 e. The maximum atomic E-state index is 11.9. The van der Waals surface area contributed by atoms with Crippen molar-refractivity contribution in [3.05, 3.63) is 24.5 Å². The highest BCUT2D eigenvalue weighted by Gasteiger charge is 2.24. The van der Waals surface area contributed by atoms with E-state index < -0.39 is 0 Å². The van der Waals surface area contributed by atoms with E-state index in [1.807, 2.05) is 0 Å². The fourth-order valence-electron chi connectivity index (χ4n) is 3.27. The number of amides is 1. The van der Waals surface area contributed by atoms with Gasteiger partial charge in [0.2, 0.25) is 0 Å². The van der Waals surface area contributed by atoms with Crippen molar-refractivity contribution in [1.82, 2.24) is 15.3 Å². The van der Waals surface area contributed by atoms with Crippen LogP contribution < -0.4 is 15.8 Å². The lowest BCUT2D eigenvalue weighted by atomic mass is 9.93. The summed E-state index contributed by atoms with van der Waals surface area (Å²) in [5, 5.41) is 3.01. The Kier molecular flexibility index (Phi) is 4.61. The molecule has 2 aliphatic rings. The van der Waals surface area contributed by atoms with Crippen LogP contribution in [0.15, 0.2) is 24.5 Å². The van der Waals surface area contributed by atoms with E-state index >= 15 is 0 Å². The summed E-state index contributed by atoms with van der Waals surface area (Å²) in [6.45, 7) is 0. The molecule has 1 aromatic carbocycles. The summed E-state index contributed by atoms with van der Waals surface area (Å²) < 4.78 is 6.17. The van der Waals surface area contributed by atoms with Crippen LogP contribution in [0.3, 0.4) is 0 Å². The summed E-state index contributed by atoms with van der Waals surface area (Å²) in [7, 11) is 0. The minimum Gasteiger partial charge on any atom is -0.488 e. The molecule has 4 rings (SSSR count). The topological polar surface area (TPSA) is 90.1 Å². The normalized spacial score (nSPS) is 22.3. The Morgan fingerprint density at radius 1 is 1.12 bits per heavy atom. The maximum absolute atomic E-state index is 11.9. The van der Waals surface area contributed by atoms with Gasteiger partial charge in [-0.2, -0.15) is 0 Å². The monoisotopic (exact) mass is 350 g/mol. The van der Waals surface area contributed by atoms with Crippen LogP contribution in [0.2, 0.25) is 0 Å². The minimum absolute atomic E-state index is 0.0905. The number of anilines is 1. The Balaban J connectivity index is 1.34. The maximum Gasteiger partial charge on any atom is 0.296 e. The van der Waals surface area contributed by atoms with E-state index in [-0.39, 0.29) is 18.1 Å². The van der Waals surface area contributed by atoms with Gasteiger partial charge in [0.15, 0.2) is 0 Å². The first-order valence-electron chi connectivity index (χ1n) is 9.16. The summed E-state index contributed by atoms with van der Waals surface area (Å²) in [6, 6.07) is 3.77. The number of nitrogens with zero attached hydrogens (tertiary/aromatic N) is 2. The molecule has 0 atom stereocenters. The highest BCUT2D eigenvalue weighted by atomic mass is 16.5. The number of carbonyl (C=O) groups is 1. The van der Waals surface area contributed by atoms with Crippen molar-refractivity contribution in [2.75, 3.05) is 5.73 Å². The van der Waals surface area contributed by atoms with E-state index in [1.54, 1.807) is 24.5 Å². The van der Waals surface area contributed by atoms with E-state index in [4.69, 9.17) is 10.5 Å². The fraction of sp³-hybridized carbons (Fsp3) is 0.450. The van der Waals surface area contributed by atoms with E-state index in [1.165, 1.54) is 0 Å². The van der Waals surface area contributed by atoms with Crippen molar-refractivity contribution >= 4 is 22.6 Å². The van der Waals surface area contributed by atoms with Crippen LogP contribution in [0.4, 0.5) is 5.69 Å². The molecular formula is C20H22N4O2. The standard InChI is InChI=1S/C20H22N4O2/c21-14-11-17-20(23-10-9-22-17)18(12-14)26-16-6-4-15(5-7-16)24-19(25)8-3-13-1-2-13/h9-13,15-16H,1-2,4-7,21H2,(H,24,25). The SMILES string of the molecule is Nc1cc(OC2CCC(NC(=O)C#CC3CC3)CC2)c2nccnc2c1. The van der Waals surface area contributed by atoms with Gasteiger partial charge < -0.3 is 15.8 Å². The lowest BCUT2D eigenvalue weighted by Gasteiger charge is -2.29. The molecule has 1 amide bonds. The molecule has 0 spiro atoms. The van der Waals surface area contributed by atoms with Crippen molar-refractivity contribution < 1.29 is 9.53 Å². The minimum atomic E-state index is -0.154. The average Bonchev–Trinajstić information content (AvgIpc) is 3.46. The van der Waals surface area contributed by atoms with Crippen molar-refractivity contribution in [3.63, 3.8) is 0 Å². The molecule has 26 heavy (non-hydrogen) atoms. The van der Waals surface area contributed by atoms with Crippen LogP contribution >= 0.6 is 0 Å². The lowest BCUT2D eigenvalue weighted by Crippen LogP contribution is -2.39. The number of hydrogen-bond donors (Lipinski definition) is 2. The Bertz CT molecular complexity index is 874. The Morgan fingerprint density at radius 3 is 2.65 bits per heavy atom. The fourth-order valence-corrected chi connectivity index (χ4v) is 3.27. The number of rotatable bonds is 3. The summed E-state index contributed by atoms with van der Waals surface area (Å²) in [6.07, 6.45) is 9.16. The summed E-state index contributed by atoms with van der Waals surface area (Å²) in [4.78, 5) is 20.5. The number of nitrogen functional groups attached to an aromatic ring is 1. The number of hydrogen-bond acceptors (Lipinski definition) is 5. The third kappa shape index (κ3) is 4.05. The summed E-state index contributed by atoms with van der Waals surface area (Å²) in [5.41, 5.74) is 8.03. The number of ether oxygens (including phenoxy) is 1. The zero-order chi connectivity index (χ0) is 17.9. The molecule has 1 aromatic heterocycles. The molecule has 2 aromatic rings.